The molecule has 1 rings (SSSR count). The van der Waals surface area contributed by atoms with Gasteiger partial charge in [-0.15, -0.1) is 0 Å². The van der Waals surface area contributed by atoms with Crippen LogP contribution in [0.2, 0.25) is 0 Å². The second-order valence-corrected chi connectivity index (χ2v) is 6.11. The standard InChI is InChI=1S/C15H31N3O/c1-13(2)11-14(7-10-19)12-17-15(16)18-8-5-3-4-6-9-18/h13-14,19H,3-12H2,1-2H3,(H2,16,17). The van der Waals surface area contributed by atoms with Crippen LogP contribution in [0.25, 0.3) is 0 Å². The van der Waals surface area contributed by atoms with Gasteiger partial charge in [0.1, 0.15) is 0 Å². The Morgan fingerprint density at radius 1 is 1.21 bits per heavy atom. The van der Waals surface area contributed by atoms with Gasteiger partial charge in [0.2, 0.25) is 0 Å². The minimum Gasteiger partial charge on any atom is -0.396 e. The lowest BCUT2D eigenvalue weighted by Gasteiger charge is -2.22. The Bertz CT molecular complexity index is 258. The molecular weight excluding hydrogens is 238 g/mol. The summed E-state index contributed by atoms with van der Waals surface area (Å²) in [5.74, 6) is 1.80. The van der Waals surface area contributed by atoms with Gasteiger partial charge in [-0.05, 0) is 37.5 Å². The fraction of sp³-hybridized carbons (Fsp3) is 0.933. The van der Waals surface area contributed by atoms with Crippen molar-refractivity contribution < 1.29 is 5.11 Å². The molecule has 0 amide bonds. The molecule has 4 heteroatoms. The molecule has 1 unspecified atom stereocenters. The third-order valence-corrected chi connectivity index (χ3v) is 3.78. The minimum atomic E-state index is 0.247. The Labute approximate surface area is 118 Å². The van der Waals surface area contributed by atoms with E-state index in [0.29, 0.717) is 17.8 Å². The topological polar surface area (TPSA) is 61.9 Å². The highest BCUT2D eigenvalue weighted by Gasteiger charge is 2.13. The molecule has 1 saturated heterocycles. The van der Waals surface area contributed by atoms with Crippen LogP contribution in [0.5, 0.6) is 0 Å². The van der Waals surface area contributed by atoms with Gasteiger partial charge in [0.05, 0.1) is 0 Å². The first-order chi connectivity index (χ1) is 9.13. The van der Waals surface area contributed by atoms with E-state index in [1.54, 1.807) is 0 Å². The molecule has 112 valence electrons. The Balaban J connectivity index is 2.45. The summed E-state index contributed by atoms with van der Waals surface area (Å²) in [7, 11) is 0. The first-order valence-corrected chi connectivity index (χ1v) is 7.79. The predicted octanol–water partition coefficient (Wildman–Crippen LogP) is 2.22. The van der Waals surface area contributed by atoms with Crippen LogP contribution in [0.4, 0.5) is 0 Å². The van der Waals surface area contributed by atoms with Gasteiger partial charge >= 0.3 is 0 Å². The van der Waals surface area contributed by atoms with Crippen molar-refractivity contribution in [1.29, 1.82) is 0 Å². The quantitative estimate of drug-likeness (QED) is 0.574. The van der Waals surface area contributed by atoms with Crippen LogP contribution >= 0.6 is 0 Å². The van der Waals surface area contributed by atoms with E-state index >= 15 is 0 Å². The van der Waals surface area contributed by atoms with Gasteiger partial charge in [-0.25, -0.2) is 0 Å². The lowest BCUT2D eigenvalue weighted by Crippen LogP contribution is -2.38. The zero-order valence-corrected chi connectivity index (χ0v) is 12.6. The maximum absolute atomic E-state index is 9.11. The molecule has 4 nitrogen and oxygen atoms in total. The second-order valence-electron chi connectivity index (χ2n) is 6.11. The summed E-state index contributed by atoms with van der Waals surface area (Å²) in [6.07, 6.45) is 7.01. The monoisotopic (exact) mass is 269 g/mol. The Kier molecular flexibility index (Phi) is 7.87. The highest BCUT2D eigenvalue weighted by Crippen LogP contribution is 2.16. The van der Waals surface area contributed by atoms with Crippen LogP contribution in [-0.2, 0) is 0 Å². The maximum atomic E-state index is 9.11. The van der Waals surface area contributed by atoms with Crippen molar-refractivity contribution in [2.45, 2.75) is 52.4 Å². The normalized spacial score (nSPS) is 19.6. The number of aliphatic imine (C=N–C) groups is 1. The molecule has 0 saturated carbocycles. The second kappa shape index (κ2) is 9.18. The van der Waals surface area contributed by atoms with E-state index < -0.39 is 0 Å². The molecule has 1 atom stereocenters. The van der Waals surface area contributed by atoms with Crippen molar-refractivity contribution in [3.8, 4) is 0 Å². The number of hydrogen-bond acceptors (Lipinski definition) is 2. The predicted molar refractivity (Wildman–Crippen MR) is 81.2 cm³/mol. The summed E-state index contributed by atoms with van der Waals surface area (Å²) < 4.78 is 0. The summed E-state index contributed by atoms with van der Waals surface area (Å²) in [5, 5.41) is 9.11. The molecule has 1 aliphatic heterocycles. The minimum absolute atomic E-state index is 0.247. The molecule has 0 aliphatic carbocycles. The lowest BCUT2D eigenvalue weighted by atomic mass is 9.94. The van der Waals surface area contributed by atoms with Crippen LogP contribution in [0, 0.1) is 11.8 Å². The maximum Gasteiger partial charge on any atom is 0.191 e. The number of guanidine groups is 1. The zero-order chi connectivity index (χ0) is 14.1. The third kappa shape index (κ3) is 6.81. The first-order valence-electron chi connectivity index (χ1n) is 7.79. The van der Waals surface area contributed by atoms with Crippen LogP contribution in [-0.4, -0.2) is 42.2 Å². The summed E-state index contributed by atoms with van der Waals surface area (Å²) >= 11 is 0. The van der Waals surface area contributed by atoms with E-state index in [-0.39, 0.29) is 6.61 Å². The smallest absolute Gasteiger partial charge is 0.191 e. The number of nitrogens with zero attached hydrogens (tertiary/aromatic N) is 2. The van der Waals surface area contributed by atoms with Crippen molar-refractivity contribution in [1.82, 2.24) is 4.90 Å². The molecule has 0 aromatic heterocycles. The largest absolute Gasteiger partial charge is 0.396 e. The number of likely N-dealkylation sites (tertiary alicyclic amines) is 1. The van der Waals surface area contributed by atoms with Gasteiger partial charge in [0.25, 0.3) is 0 Å². The van der Waals surface area contributed by atoms with E-state index in [1.165, 1.54) is 25.7 Å². The van der Waals surface area contributed by atoms with E-state index in [0.717, 1.165) is 32.5 Å². The van der Waals surface area contributed by atoms with Crippen molar-refractivity contribution in [2.75, 3.05) is 26.2 Å². The van der Waals surface area contributed by atoms with E-state index in [9.17, 15) is 0 Å². The van der Waals surface area contributed by atoms with Crippen LogP contribution in [0.1, 0.15) is 52.4 Å². The molecule has 0 aromatic rings. The molecule has 1 aliphatic rings. The highest BCUT2D eigenvalue weighted by atomic mass is 16.3. The number of nitrogens with two attached hydrogens (primary N) is 1. The Morgan fingerprint density at radius 2 is 1.84 bits per heavy atom. The molecule has 0 spiro atoms. The number of aliphatic hydroxyl groups is 1. The number of rotatable bonds is 6. The number of aliphatic hydroxyl groups excluding tert-OH is 1. The van der Waals surface area contributed by atoms with Gasteiger partial charge in [-0.3, -0.25) is 4.99 Å². The Morgan fingerprint density at radius 3 is 2.37 bits per heavy atom. The zero-order valence-electron chi connectivity index (χ0n) is 12.6. The average molecular weight is 269 g/mol. The average Bonchev–Trinajstić information content (AvgIpc) is 2.64. The molecule has 3 N–H and O–H groups in total. The molecule has 0 bridgehead atoms. The van der Waals surface area contributed by atoms with Crippen molar-refractivity contribution in [3.05, 3.63) is 0 Å². The summed E-state index contributed by atoms with van der Waals surface area (Å²) in [5.41, 5.74) is 6.11. The van der Waals surface area contributed by atoms with Crippen molar-refractivity contribution in [3.63, 3.8) is 0 Å². The summed E-state index contributed by atoms with van der Waals surface area (Å²) in [6.45, 7) is 7.52. The highest BCUT2D eigenvalue weighted by molar-refractivity contribution is 5.78. The summed E-state index contributed by atoms with van der Waals surface area (Å²) in [4.78, 5) is 6.79. The van der Waals surface area contributed by atoms with E-state index in [4.69, 9.17) is 10.8 Å². The van der Waals surface area contributed by atoms with Crippen LogP contribution < -0.4 is 5.73 Å². The molecular formula is C15H31N3O. The van der Waals surface area contributed by atoms with Crippen molar-refractivity contribution >= 4 is 5.96 Å². The molecule has 0 radical (unpaired) electrons. The van der Waals surface area contributed by atoms with Crippen LogP contribution in [0.3, 0.4) is 0 Å². The Hall–Kier alpha value is -0.770. The van der Waals surface area contributed by atoms with Gasteiger partial charge < -0.3 is 15.7 Å². The molecule has 0 aromatic carbocycles. The van der Waals surface area contributed by atoms with Gasteiger partial charge in [-0.2, -0.15) is 0 Å². The first kappa shape index (κ1) is 16.3. The fourth-order valence-electron chi connectivity index (χ4n) is 2.76. The van der Waals surface area contributed by atoms with E-state index in [1.807, 2.05) is 0 Å². The SMILES string of the molecule is CC(C)CC(CCO)CN=C(N)N1CCCCCC1. The van der Waals surface area contributed by atoms with Gasteiger partial charge in [0, 0.05) is 26.2 Å². The van der Waals surface area contributed by atoms with Gasteiger partial charge in [-0.1, -0.05) is 26.7 Å². The summed E-state index contributed by atoms with van der Waals surface area (Å²) in [6, 6.07) is 0. The number of hydrogen-bond donors (Lipinski definition) is 2. The van der Waals surface area contributed by atoms with Gasteiger partial charge in [0.15, 0.2) is 5.96 Å². The lowest BCUT2D eigenvalue weighted by molar-refractivity contribution is 0.245. The van der Waals surface area contributed by atoms with Crippen molar-refractivity contribution in [2.24, 2.45) is 22.6 Å². The third-order valence-electron chi connectivity index (χ3n) is 3.78. The molecule has 1 fully saturated rings. The van der Waals surface area contributed by atoms with Crippen LogP contribution in [0.15, 0.2) is 4.99 Å². The van der Waals surface area contributed by atoms with E-state index in [2.05, 4.69) is 23.7 Å². The molecule has 1 heterocycles. The molecule has 19 heavy (non-hydrogen) atoms. The fourth-order valence-corrected chi connectivity index (χ4v) is 2.76.